The van der Waals surface area contributed by atoms with E-state index >= 15 is 0 Å². The van der Waals surface area contributed by atoms with Crippen LogP contribution in [0.15, 0.2) is 54.6 Å². The maximum Gasteiger partial charge on any atom is 0.328 e. The molecule has 2 heterocycles. The minimum absolute atomic E-state index is 0.391. The fourth-order valence-electron chi connectivity index (χ4n) is 5.53. The standard InChI is InChI=1S/C24H29NO.C4H4O4/c1-25-21-10-11-22(25)16-24(15-21)26-23-12-9-18-8-4-7-17-5-2-3-6-19(17)13-20(18)14-23;5-3(6)1-2-4(7)8/h2-3,5-6,9,12,14,21-22,24H,4,7-8,10-11,13,15-16H2,1H3;1-2H,(H,5,6)(H,7,8)/b;2-1+/t21-,22+,24?;. The number of hydrogen-bond donors (Lipinski definition) is 2. The van der Waals surface area contributed by atoms with Crippen molar-refractivity contribution in [3.8, 4) is 5.75 Å². The molecule has 180 valence electrons. The van der Waals surface area contributed by atoms with Gasteiger partial charge in [0.15, 0.2) is 0 Å². The van der Waals surface area contributed by atoms with Gasteiger partial charge in [0.2, 0.25) is 0 Å². The van der Waals surface area contributed by atoms with E-state index in [0.29, 0.717) is 18.3 Å². The average Bonchev–Trinajstić information content (AvgIpc) is 2.99. The summed E-state index contributed by atoms with van der Waals surface area (Å²) in [5.41, 5.74) is 5.99. The zero-order valence-corrected chi connectivity index (χ0v) is 19.7. The lowest BCUT2D eigenvalue weighted by Gasteiger charge is -2.36. The molecule has 0 spiro atoms. The molecule has 2 bridgehead atoms. The number of nitrogens with zero attached hydrogens (tertiary/aromatic N) is 1. The number of carbonyl (C=O) groups is 2. The van der Waals surface area contributed by atoms with Gasteiger partial charge in [-0.2, -0.15) is 0 Å². The Balaban J connectivity index is 0.000000297. The van der Waals surface area contributed by atoms with Crippen molar-refractivity contribution < 1.29 is 24.5 Å². The number of ether oxygens (including phenoxy) is 1. The first kappa shape index (κ1) is 24.0. The predicted molar refractivity (Wildman–Crippen MR) is 130 cm³/mol. The van der Waals surface area contributed by atoms with Crippen LogP contribution in [0.5, 0.6) is 5.75 Å². The SMILES string of the molecule is CN1[C@@H]2CC[C@H]1CC(Oc1ccc3c(c1)Cc1ccccc1CCC3)C2.O=C(O)/C=C/C(=O)O. The van der Waals surface area contributed by atoms with Crippen molar-refractivity contribution in [2.45, 2.75) is 69.6 Å². The first-order valence-corrected chi connectivity index (χ1v) is 12.1. The van der Waals surface area contributed by atoms with Gasteiger partial charge in [-0.25, -0.2) is 9.59 Å². The van der Waals surface area contributed by atoms with Crippen LogP contribution in [-0.4, -0.2) is 52.3 Å². The predicted octanol–water partition coefficient (Wildman–Crippen LogP) is 4.48. The van der Waals surface area contributed by atoms with Gasteiger partial charge in [0.25, 0.3) is 0 Å². The van der Waals surface area contributed by atoms with E-state index in [1.54, 1.807) is 0 Å². The smallest absolute Gasteiger partial charge is 0.328 e. The maximum absolute atomic E-state index is 9.55. The summed E-state index contributed by atoms with van der Waals surface area (Å²) in [5.74, 6) is -1.43. The Bertz CT molecular complexity index is 1030. The molecule has 2 fully saturated rings. The van der Waals surface area contributed by atoms with Crippen molar-refractivity contribution in [3.63, 3.8) is 0 Å². The lowest BCUT2D eigenvalue weighted by Crippen LogP contribution is -2.43. The molecule has 3 atom stereocenters. The summed E-state index contributed by atoms with van der Waals surface area (Å²) < 4.78 is 6.48. The van der Waals surface area contributed by atoms with Crippen LogP contribution >= 0.6 is 0 Å². The monoisotopic (exact) mass is 463 g/mol. The zero-order chi connectivity index (χ0) is 24.1. The van der Waals surface area contributed by atoms with Crippen LogP contribution in [0.1, 0.15) is 54.4 Å². The van der Waals surface area contributed by atoms with Gasteiger partial charge in [-0.15, -0.1) is 0 Å². The van der Waals surface area contributed by atoms with E-state index in [4.69, 9.17) is 14.9 Å². The topological polar surface area (TPSA) is 87.1 Å². The molecule has 2 aromatic rings. The summed E-state index contributed by atoms with van der Waals surface area (Å²) >= 11 is 0. The van der Waals surface area contributed by atoms with E-state index in [9.17, 15) is 9.59 Å². The van der Waals surface area contributed by atoms with Crippen molar-refractivity contribution in [1.82, 2.24) is 4.90 Å². The first-order valence-electron chi connectivity index (χ1n) is 12.1. The minimum Gasteiger partial charge on any atom is -0.490 e. The summed E-state index contributed by atoms with van der Waals surface area (Å²) in [5, 5.41) is 15.6. The molecule has 2 N–H and O–H groups in total. The maximum atomic E-state index is 9.55. The van der Waals surface area contributed by atoms with Crippen molar-refractivity contribution >= 4 is 11.9 Å². The van der Waals surface area contributed by atoms with Crippen LogP contribution in [0.2, 0.25) is 0 Å². The second-order valence-corrected chi connectivity index (χ2v) is 9.50. The highest BCUT2D eigenvalue weighted by Gasteiger charge is 2.39. The van der Waals surface area contributed by atoms with Crippen molar-refractivity contribution in [1.29, 1.82) is 0 Å². The summed E-state index contributed by atoms with van der Waals surface area (Å²) in [6.45, 7) is 0. The average molecular weight is 464 g/mol. The van der Waals surface area contributed by atoms with Gasteiger partial charge in [-0.1, -0.05) is 30.3 Å². The first-order chi connectivity index (χ1) is 16.4. The summed E-state index contributed by atoms with van der Waals surface area (Å²) in [4.78, 5) is 21.7. The van der Waals surface area contributed by atoms with Gasteiger partial charge in [-0.3, -0.25) is 0 Å². The third kappa shape index (κ3) is 6.06. The van der Waals surface area contributed by atoms with Crippen LogP contribution < -0.4 is 4.74 Å². The molecule has 6 nitrogen and oxygen atoms in total. The van der Waals surface area contributed by atoms with Crippen LogP contribution in [0, 0.1) is 0 Å². The minimum atomic E-state index is -1.26. The van der Waals surface area contributed by atoms with E-state index in [1.165, 1.54) is 67.2 Å². The summed E-state index contributed by atoms with van der Waals surface area (Å²) in [6, 6.07) is 17.3. The molecule has 0 saturated carbocycles. The molecule has 0 amide bonds. The van der Waals surface area contributed by atoms with Gasteiger partial charge in [0.05, 0.1) is 0 Å². The molecule has 6 heteroatoms. The second-order valence-electron chi connectivity index (χ2n) is 9.50. The Morgan fingerprint density at radius 1 is 0.882 bits per heavy atom. The Morgan fingerprint density at radius 3 is 2.09 bits per heavy atom. The number of carboxylic acid groups (broad SMARTS) is 2. The van der Waals surface area contributed by atoms with Gasteiger partial charge in [0.1, 0.15) is 11.9 Å². The fourth-order valence-corrected chi connectivity index (χ4v) is 5.53. The van der Waals surface area contributed by atoms with E-state index in [-0.39, 0.29) is 0 Å². The van der Waals surface area contributed by atoms with Gasteiger partial charge >= 0.3 is 11.9 Å². The van der Waals surface area contributed by atoms with Crippen LogP contribution in [0.3, 0.4) is 0 Å². The molecule has 5 rings (SSSR count). The molecule has 2 aromatic carbocycles. The highest BCUT2D eigenvalue weighted by atomic mass is 16.5. The molecular weight excluding hydrogens is 430 g/mol. The van der Waals surface area contributed by atoms with Crippen molar-refractivity contribution in [2.75, 3.05) is 7.05 Å². The third-order valence-electron chi connectivity index (χ3n) is 7.30. The number of fused-ring (bicyclic) bond motifs is 4. The molecule has 2 aliphatic heterocycles. The molecule has 1 unspecified atom stereocenters. The Labute approximate surface area is 200 Å². The van der Waals surface area contributed by atoms with Gasteiger partial charge < -0.3 is 19.8 Å². The highest BCUT2D eigenvalue weighted by molar-refractivity contribution is 5.89. The molecule has 0 radical (unpaired) electrons. The van der Waals surface area contributed by atoms with Gasteiger partial charge in [-0.05, 0) is 92.8 Å². The fraction of sp³-hybridized carbons (Fsp3) is 0.429. The lowest BCUT2D eigenvalue weighted by atomic mass is 9.88. The molecule has 34 heavy (non-hydrogen) atoms. The Kier molecular flexibility index (Phi) is 7.68. The van der Waals surface area contributed by atoms with Crippen LogP contribution in [0.4, 0.5) is 0 Å². The summed E-state index contributed by atoms with van der Waals surface area (Å²) in [7, 11) is 2.29. The number of hydrogen-bond acceptors (Lipinski definition) is 4. The Hall–Kier alpha value is -3.12. The number of piperidine rings is 1. The lowest BCUT2D eigenvalue weighted by molar-refractivity contribution is -0.134. The normalized spacial score (nSPS) is 23.6. The molecule has 1 aliphatic carbocycles. The van der Waals surface area contributed by atoms with Crippen molar-refractivity contribution in [2.24, 2.45) is 0 Å². The van der Waals surface area contributed by atoms with E-state index in [1.807, 2.05) is 0 Å². The number of rotatable bonds is 4. The third-order valence-corrected chi connectivity index (χ3v) is 7.30. The van der Waals surface area contributed by atoms with Crippen molar-refractivity contribution in [3.05, 3.63) is 76.9 Å². The molecule has 3 aliphatic rings. The van der Waals surface area contributed by atoms with Crippen LogP contribution in [-0.2, 0) is 28.9 Å². The molecular formula is C28H33NO5. The van der Waals surface area contributed by atoms with E-state index in [0.717, 1.165) is 24.3 Å². The zero-order valence-electron chi connectivity index (χ0n) is 19.7. The number of benzene rings is 2. The second kappa shape index (κ2) is 10.9. The largest absolute Gasteiger partial charge is 0.490 e. The number of aryl methyl sites for hydroxylation is 2. The van der Waals surface area contributed by atoms with Gasteiger partial charge in [0, 0.05) is 24.2 Å². The Morgan fingerprint density at radius 2 is 1.47 bits per heavy atom. The molecule has 2 saturated heterocycles. The summed E-state index contributed by atoms with van der Waals surface area (Å²) in [6.07, 6.45) is 11.2. The van der Waals surface area contributed by atoms with Crippen LogP contribution in [0.25, 0.3) is 0 Å². The van der Waals surface area contributed by atoms with E-state index < -0.39 is 11.9 Å². The number of carboxylic acids is 2. The van der Waals surface area contributed by atoms with E-state index in [2.05, 4.69) is 54.4 Å². The highest BCUT2D eigenvalue weighted by Crippen LogP contribution is 2.36. The number of aliphatic carboxylic acids is 2. The molecule has 0 aromatic heterocycles. The quantitative estimate of drug-likeness (QED) is 0.650.